The van der Waals surface area contributed by atoms with Crippen molar-refractivity contribution in [2.75, 3.05) is 13.7 Å². The van der Waals surface area contributed by atoms with Gasteiger partial charge in [0, 0.05) is 34.0 Å². The van der Waals surface area contributed by atoms with Crippen LogP contribution >= 0.6 is 11.3 Å². The zero-order valence-electron chi connectivity index (χ0n) is 14.9. The highest BCUT2D eigenvalue weighted by Gasteiger charge is 2.13. The maximum absolute atomic E-state index is 11.9. The Morgan fingerprint density at radius 3 is 2.67 bits per heavy atom. The summed E-state index contributed by atoms with van der Waals surface area (Å²) in [6.45, 7) is 0.626. The van der Waals surface area contributed by atoms with Gasteiger partial charge in [0.25, 0.3) is 0 Å². The minimum absolute atomic E-state index is 0.231. The molecule has 0 atom stereocenters. The van der Waals surface area contributed by atoms with E-state index in [4.69, 9.17) is 9.15 Å². The highest BCUT2D eigenvalue weighted by atomic mass is 32.1. The number of hydrogen-bond acceptors (Lipinski definition) is 5. The third-order valence-electron chi connectivity index (χ3n) is 3.96. The molecule has 7 heteroatoms. The molecule has 6 nitrogen and oxygen atoms in total. The molecule has 2 amide bonds. The Hall–Kier alpha value is -3.06. The van der Waals surface area contributed by atoms with Crippen molar-refractivity contribution in [1.29, 1.82) is 0 Å². The molecule has 0 aliphatic heterocycles. The molecule has 0 spiro atoms. The van der Waals surface area contributed by atoms with E-state index in [1.54, 1.807) is 37.0 Å². The third kappa shape index (κ3) is 4.98. The summed E-state index contributed by atoms with van der Waals surface area (Å²) in [5.41, 5.74) is 1.84. The molecule has 0 saturated heterocycles. The van der Waals surface area contributed by atoms with Gasteiger partial charge in [-0.2, -0.15) is 0 Å². The third-order valence-corrected chi connectivity index (χ3v) is 5.16. The first-order valence-electron chi connectivity index (χ1n) is 8.46. The molecule has 1 aromatic carbocycles. The van der Waals surface area contributed by atoms with Crippen LogP contribution in [0.5, 0.6) is 5.75 Å². The van der Waals surface area contributed by atoms with Crippen molar-refractivity contribution in [3.8, 4) is 16.2 Å². The molecular weight excluding hydrogens is 364 g/mol. The molecule has 0 bridgehead atoms. The highest BCUT2D eigenvalue weighted by molar-refractivity contribution is 7.15. The Labute approximate surface area is 161 Å². The minimum atomic E-state index is -0.661. The first-order chi connectivity index (χ1) is 13.2. The number of ether oxygens (including phenoxy) is 1. The molecule has 140 valence electrons. The fourth-order valence-corrected chi connectivity index (χ4v) is 3.55. The molecule has 27 heavy (non-hydrogen) atoms. The molecule has 2 N–H and O–H groups in total. The zero-order valence-corrected chi connectivity index (χ0v) is 15.7. The normalized spacial score (nSPS) is 10.4. The van der Waals surface area contributed by atoms with Gasteiger partial charge in [-0.1, -0.05) is 18.2 Å². The van der Waals surface area contributed by atoms with Gasteiger partial charge in [0.1, 0.15) is 5.75 Å². The lowest BCUT2D eigenvalue weighted by Crippen LogP contribution is -2.40. The van der Waals surface area contributed by atoms with Crippen LogP contribution in [-0.2, 0) is 22.6 Å². The Balaban J connectivity index is 1.43. The van der Waals surface area contributed by atoms with Gasteiger partial charge in [0.2, 0.25) is 0 Å². The lowest BCUT2D eigenvalue weighted by atomic mass is 10.2. The molecule has 0 fully saturated rings. The summed E-state index contributed by atoms with van der Waals surface area (Å²) in [5.74, 6) is -0.632. The van der Waals surface area contributed by atoms with Gasteiger partial charge in [-0.3, -0.25) is 9.59 Å². The van der Waals surface area contributed by atoms with Crippen LogP contribution in [0.15, 0.2) is 59.4 Å². The van der Waals surface area contributed by atoms with Crippen LogP contribution < -0.4 is 15.4 Å². The summed E-state index contributed by atoms with van der Waals surface area (Å²) in [5, 5.41) is 5.25. The number of carbonyl (C=O) groups is 2. The van der Waals surface area contributed by atoms with Gasteiger partial charge in [0.15, 0.2) is 0 Å². The summed E-state index contributed by atoms with van der Waals surface area (Å²) in [7, 11) is 1.57. The molecule has 0 radical (unpaired) electrons. The first-order valence-corrected chi connectivity index (χ1v) is 9.28. The van der Waals surface area contributed by atoms with Crippen molar-refractivity contribution in [2.45, 2.75) is 13.0 Å². The van der Waals surface area contributed by atoms with E-state index in [0.29, 0.717) is 18.7 Å². The van der Waals surface area contributed by atoms with E-state index >= 15 is 0 Å². The van der Waals surface area contributed by atoms with Crippen LogP contribution in [0.4, 0.5) is 0 Å². The molecule has 0 aliphatic carbocycles. The van der Waals surface area contributed by atoms with Gasteiger partial charge < -0.3 is 19.8 Å². The largest absolute Gasteiger partial charge is 0.496 e. The molecule has 3 aromatic rings. The molecule has 0 saturated carbocycles. The smallest absolute Gasteiger partial charge is 0.309 e. The Morgan fingerprint density at radius 1 is 1.07 bits per heavy atom. The van der Waals surface area contributed by atoms with Gasteiger partial charge in [-0.05, 0) is 30.7 Å². The summed E-state index contributed by atoms with van der Waals surface area (Å²) < 4.78 is 10.3. The van der Waals surface area contributed by atoms with Gasteiger partial charge in [0.05, 0.1) is 19.6 Å². The van der Waals surface area contributed by atoms with Crippen LogP contribution in [0.1, 0.15) is 10.4 Å². The fourth-order valence-electron chi connectivity index (χ4n) is 2.56. The van der Waals surface area contributed by atoms with Crippen LogP contribution in [0.25, 0.3) is 10.4 Å². The number of carbonyl (C=O) groups excluding carboxylic acids is 2. The van der Waals surface area contributed by atoms with Crippen molar-refractivity contribution in [3.05, 3.63) is 65.4 Å². The molecule has 2 aromatic heterocycles. The van der Waals surface area contributed by atoms with Crippen molar-refractivity contribution in [2.24, 2.45) is 0 Å². The van der Waals surface area contributed by atoms with E-state index in [-0.39, 0.29) is 6.54 Å². The second kappa shape index (κ2) is 9.05. The number of benzene rings is 1. The minimum Gasteiger partial charge on any atom is -0.496 e. The van der Waals surface area contributed by atoms with Crippen molar-refractivity contribution < 1.29 is 18.7 Å². The van der Waals surface area contributed by atoms with Crippen molar-refractivity contribution in [1.82, 2.24) is 10.6 Å². The summed E-state index contributed by atoms with van der Waals surface area (Å²) in [6.07, 6.45) is 4.00. The molecular formula is C20H20N2O4S. The zero-order chi connectivity index (χ0) is 19.1. The number of methoxy groups -OCH3 is 1. The standard InChI is InChI=1S/C20H20N2O4S/c1-25-17-5-3-2-4-14(17)12-22-20(24)19(23)21-10-8-16-6-7-18(27-16)15-9-11-26-13-15/h2-7,9,11,13H,8,10,12H2,1H3,(H,21,23)(H,22,24). The lowest BCUT2D eigenvalue weighted by molar-refractivity contribution is -0.139. The van der Waals surface area contributed by atoms with E-state index < -0.39 is 11.8 Å². The number of hydrogen-bond donors (Lipinski definition) is 2. The number of amides is 2. The number of rotatable bonds is 7. The van der Waals surface area contributed by atoms with Crippen molar-refractivity contribution >= 4 is 23.2 Å². The summed E-state index contributed by atoms with van der Waals surface area (Å²) in [4.78, 5) is 26.1. The van der Waals surface area contributed by atoms with Gasteiger partial charge >= 0.3 is 11.8 Å². The van der Waals surface area contributed by atoms with E-state index in [2.05, 4.69) is 10.6 Å². The van der Waals surface area contributed by atoms with Gasteiger partial charge in [-0.15, -0.1) is 11.3 Å². The summed E-state index contributed by atoms with van der Waals surface area (Å²) in [6, 6.07) is 13.3. The summed E-state index contributed by atoms with van der Waals surface area (Å²) >= 11 is 1.64. The first kappa shape index (κ1) is 18.7. The van der Waals surface area contributed by atoms with E-state index in [9.17, 15) is 9.59 Å². The van der Waals surface area contributed by atoms with E-state index in [1.165, 1.54) is 0 Å². The van der Waals surface area contributed by atoms with Crippen LogP contribution in [0, 0.1) is 0 Å². The number of thiophene rings is 1. The van der Waals surface area contributed by atoms with E-state index in [0.717, 1.165) is 20.9 Å². The van der Waals surface area contributed by atoms with Crippen LogP contribution in [0.2, 0.25) is 0 Å². The Kier molecular flexibility index (Phi) is 6.27. The fraction of sp³-hybridized carbons (Fsp3) is 0.200. The lowest BCUT2D eigenvalue weighted by Gasteiger charge is -2.09. The van der Waals surface area contributed by atoms with Gasteiger partial charge in [-0.25, -0.2) is 0 Å². The predicted molar refractivity (Wildman–Crippen MR) is 104 cm³/mol. The molecule has 3 rings (SSSR count). The average molecular weight is 384 g/mol. The van der Waals surface area contributed by atoms with Crippen LogP contribution in [-0.4, -0.2) is 25.5 Å². The Morgan fingerprint density at radius 2 is 1.89 bits per heavy atom. The van der Waals surface area contributed by atoms with E-state index in [1.807, 2.05) is 36.4 Å². The predicted octanol–water partition coefficient (Wildman–Crippen LogP) is 2.99. The second-order valence-corrected chi connectivity index (χ2v) is 6.95. The van der Waals surface area contributed by atoms with Crippen LogP contribution in [0.3, 0.4) is 0 Å². The SMILES string of the molecule is COc1ccccc1CNC(=O)C(=O)NCCc1ccc(-c2ccoc2)s1. The molecule has 0 unspecified atom stereocenters. The number of para-hydroxylation sites is 1. The molecule has 2 heterocycles. The monoisotopic (exact) mass is 384 g/mol. The number of furan rings is 1. The van der Waals surface area contributed by atoms with Crippen molar-refractivity contribution in [3.63, 3.8) is 0 Å². The Bertz CT molecular complexity index is 902. The second-order valence-electron chi connectivity index (χ2n) is 5.78. The maximum atomic E-state index is 11.9. The molecule has 0 aliphatic rings. The topological polar surface area (TPSA) is 80.6 Å². The highest BCUT2D eigenvalue weighted by Crippen LogP contribution is 2.28. The quantitative estimate of drug-likeness (QED) is 0.614. The average Bonchev–Trinajstić information content (AvgIpc) is 3.37. The number of nitrogens with one attached hydrogen (secondary N) is 2. The maximum Gasteiger partial charge on any atom is 0.309 e.